The molecule has 0 bridgehead atoms. The van der Waals surface area contributed by atoms with Gasteiger partial charge in [-0.2, -0.15) is 0 Å². The van der Waals surface area contributed by atoms with E-state index in [-0.39, 0.29) is 5.75 Å². The molecule has 1 heterocycles. The largest absolute Gasteiger partial charge is 0.330 e. The van der Waals surface area contributed by atoms with Crippen molar-refractivity contribution in [1.29, 1.82) is 0 Å². The van der Waals surface area contributed by atoms with Gasteiger partial charge in [-0.1, -0.05) is 6.92 Å². The Bertz CT molecular complexity index is 298. The standard InChI is InChI=1S/C11H25N3O2S/c1-2-17(15,16)11-10-14-8-6-13(7-9-14)5-3-4-12/h2-12H2,1H3. The third kappa shape index (κ3) is 5.81. The lowest BCUT2D eigenvalue weighted by Gasteiger charge is -2.34. The number of hydrogen-bond donors (Lipinski definition) is 1. The highest BCUT2D eigenvalue weighted by atomic mass is 32.2. The number of piperazine rings is 1. The zero-order valence-corrected chi connectivity index (χ0v) is 11.6. The molecule has 1 saturated heterocycles. The second kappa shape index (κ2) is 7.31. The third-order valence-corrected chi connectivity index (χ3v) is 4.99. The molecule has 0 aromatic rings. The van der Waals surface area contributed by atoms with Gasteiger partial charge in [0, 0.05) is 38.5 Å². The zero-order valence-electron chi connectivity index (χ0n) is 10.8. The molecule has 5 nitrogen and oxygen atoms in total. The maximum Gasteiger partial charge on any atom is 0.151 e. The molecule has 0 aromatic carbocycles. The quantitative estimate of drug-likeness (QED) is 0.663. The van der Waals surface area contributed by atoms with Crippen molar-refractivity contribution >= 4 is 9.84 Å². The molecule has 1 aliphatic heterocycles. The van der Waals surface area contributed by atoms with Gasteiger partial charge < -0.3 is 10.6 Å². The summed E-state index contributed by atoms with van der Waals surface area (Å²) in [5.41, 5.74) is 5.48. The lowest BCUT2D eigenvalue weighted by atomic mass is 10.3. The molecule has 0 aliphatic carbocycles. The van der Waals surface area contributed by atoms with Crippen LogP contribution in [0.4, 0.5) is 0 Å². The second-order valence-corrected chi connectivity index (χ2v) is 7.03. The predicted molar refractivity (Wildman–Crippen MR) is 70.9 cm³/mol. The van der Waals surface area contributed by atoms with E-state index in [9.17, 15) is 8.42 Å². The van der Waals surface area contributed by atoms with E-state index in [1.165, 1.54) is 0 Å². The maximum absolute atomic E-state index is 11.4. The molecule has 0 amide bonds. The fourth-order valence-corrected chi connectivity index (χ4v) is 2.79. The Labute approximate surface area is 105 Å². The number of sulfone groups is 1. The molecule has 2 N–H and O–H groups in total. The lowest BCUT2D eigenvalue weighted by molar-refractivity contribution is 0.137. The fourth-order valence-electron chi connectivity index (χ4n) is 1.96. The summed E-state index contributed by atoms with van der Waals surface area (Å²) >= 11 is 0. The van der Waals surface area contributed by atoms with E-state index in [1.54, 1.807) is 6.92 Å². The van der Waals surface area contributed by atoms with Crippen LogP contribution in [-0.2, 0) is 9.84 Å². The molecular formula is C11H25N3O2S. The molecule has 0 aromatic heterocycles. The molecule has 0 radical (unpaired) electrons. The van der Waals surface area contributed by atoms with Gasteiger partial charge in [-0.3, -0.25) is 4.90 Å². The molecule has 0 atom stereocenters. The first-order valence-electron chi connectivity index (χ1n) is 6.42. The van der Waals surface area contributed by atoms with Crippen molar-refractivity contribution in [1.82, 2.24) is 9.80 Å². The fraction of sp³-hybridized carbons (Fsp3) is 1.00. The van der Waals surface area contributed by atoms with Gasteiger partial charge in [0.15, 0.2) is 9.84 Å². The highest BCUT2D eigenvalue weighted by molar-refractivity contribution is 7.91. The summed E-state index contributed by atoms with van der Waals surface area (Å²) in [6.07, 6.45) is 1.05. The number of hydrogen-bond acceptors (Lipinski definition) is 5. The van der Waals surface area contributed by atoms with Crippen LogP contribution < -0.4 is 5.73 Å². The highest BCUT2D eigenvalue weighted by Gasteiger charge is 2.17. The van der Waals surface area contributed by atoms with Crippen molar-refractivity contribution in [2.75, 3.05) is 57.3 Å². The Kier molecular flexibility index (Phi) is 6.40. The van der Waals surface area contributed by atoms with Gasteiger partial charge in [0.25, 0.3) is 0 Å². The minimum Gasteiger partial charge on any atom is -0.330 e. The molecule has 1 fully saturated rings. The van der Waals surface area contributed by atoms with Crippen molar-refractivity contribution in [2.45, 2.75) is 13.3 Å². The average Bonchev–Trinajstić information content (AvgIpc) is 2.35. The molecule has 1 rings (SSSR count). The molecule has 17 heavy (non-hydrogen) atoms. The number of nitrogens with zero attached hydrogens (tertiary/aromatic N) is 2. The maximum atomic E-state index is 11.4. The van der Waals surface area contributed by atoms with Gasteiger partial charge in [-0.15, -0.1) is 0 Å². The van der Waals surface area contributed by atoms with Crippen LogP contribution in [-0.4, -0.2) is 75.5 Å². The van der Waals surface area contributed by atoms with E-state index in [0.717, 1.165) is 45.7 Å². The number of nitrogens with two attached hydrogens (primary N) is 1. The van der Waals surface area contributed by atoms with Crippen LogP contribution in [0, 0.1) is 0 Å². The molecule has 0 unspecified atom stereocenters. The first kappa shape index (κ1) is 14.9. The number of rotatable bonds is 7. The summed E-state index contributed by atoms with van der Waals surface area (Å²) in [4.78, 5) is 4.64. The minimum atomic E-state index is -2.82. The SMILES string of the molecule is CCS(=O)(=O)CCN1CCN(CCCN)CC1. The topological polar surface area (TPSA) is 66.6 Å². The highest BCUT2D eigenvalue weighted by Crippen LogP contribution is 2.03. The Hall–Kier alpha value is -0.170. The van der Waals surface area contributed by atoms with Crippen LogP contribution in [0.15, 0.2) is 0 Å². The van der Waals surface area contributed by atoms with Gasteiger partial charge >= 0.3 is 0 Å². The molecule has 1 aliphatic rings. The monoisotopic (exact) mass is 263 g/mol. The molecule has 6 heteroatoms. The Morgan fingerprint density at radius 3 is 2.06 bits per heavy atom. The van der Waals surface area contributed by atoms with E-state index in [1.807, 2.05) is 0 Å². The van der Waals surface area contributed by atoms with Crippen molar-refractivity contribution < 1.29 is 8.42 Å². The van der Waals surface area contributed by atoms with Gasteiger partial charge in [-0.05, 0) is 19.5 Å². The molecule has 0 saturated carbocycles. The summed E-state index contributed by atoms with van der Waals surface area (Å²) in [5, 5.41) is 0. The average molecular weight is 263 g/mol. The first-order valence-corrected chi connectivity index (χ1v) is 8.24. The van der Waals surface area contributed by atoms with Crippen LogP contribution >= 0.6 is 0 Å². The van der Waals surface area contributed by atoms with E-state index in [2.05, 4.69) is 9.80 Å². The van der Waals surface area contributed by atoms with Gasteiger partial charge in [0.2, 0.25) is 0 Å². The predicted octanol–water partition coefficient (Wildman–Crippen LogP) is -0.612. The van der Waals surface area contributed by atoms with Crippen molar-refractivity contribution in [2.24, 2.45) is 5.73 Å². The van der Waals surface area contributed by atoms with Gasteiger partial charge in [0.05, 0.1) is 5.75 Å². The summed E-state index contributed by atoms with van der Waals surface area (Å²) in [6.45, 7) is 8.22. The zero-order chi connectivity index (χ0) is 12.7. The lowest BCUT2D eigenvalue weighted by Crippen LogP contribution is -2.48. The third-order valence-electron chi connectivity index (χ3n) is 3.30. The van der Waals surface area contributed by atoms with Crippen LogP contribution in [0.1, 0.15) is 13.3 Å². The van der Waals surface area contributed by atoms with E-state index in [4.69, 9.17) is 5.73 Å². The summed E-state index contributed by atoms with van der Waals surface area (Å²) < 4.78 is 22.8. The van der Waals surface area contributed by atoms with E-state index >= 15 is 0 Å². The molecular weight excluding hydrogens is 238 g/mol. The summed E-state index contributed by atoms with van der Waals surface area (Å²) in [7, 11) is -2.82. The molecule has 0 spiro atoms. The Balaban J connectivity index is 2.19. The molecule has 102 valence electrons. The van der Waals surface area contributed by atoms with Gasteiger partial charge in [-0.25, -0.2) is 8.42 Å². The van der Waals surface area contributed by atoms with Crippen molar-refractivity contribution in [3.63, 3.8) is 0 Å². The summed E-state index contributed by atoms with van der Waals surface area (Å²) in [5.74, 6) is 0.551. The van der Waals surface area contributed by atoms with Crippen LogP contribution in [0.5, 0.6) is 0 Å². The Morgan fingerprint density at radius 1 is 1.06 bits per heavy atom. The van der Waals surface area contributed by atoms with E-state index < -0.39 is 9.84 Å². The normalized spacial score (nSPS) is 19.6. The van der Waals surface area contributed by atoms with E-state index in [0.29, 0.717) is 12.3 Å². The van der Waals surface area contributed by atoms with Crippen LogP contribution in [0.25, 0.3) is 0 Å². The van der Waals surface area contributed by atoms with Crippen LogP contribution in [0.3, 0.4) is 0 Å². The smallest absolute Gasteiger partial charge is 0.151 e. The Morgan fingerprint density at radius 2 is 1.59 bits per heavy atom. The summed E-state index contributed by atoms with van der Waals surface area (Å²) in [6, 6.07) is 0. The van der Waals surface area contributed by atoms with Crippen molar-refractivity contribution in [3.8, 4) is 0 Å². The van der Waals surface area contributed by atoms with Crippen LogP contribution in [0.2, 0.25) is 0 Å². The minimum absolute atomic E-state index is 0.253. The van der Waals surface area contributed by atoms with Crippen molar-refractivity contribution in [3.05, 3.63) is 0 Å². The first-order chi connectivity index (χ1) is 8.07. The second-order valence-electron chi connectivity index (χ2n) is 4.56. The van der Waals surface area contributed by atoms with Gasteiger partial charge in [0.1, 0.15) is 0 Å².